The maximum Gasteiger partial charge on any atom is 0.142 e. The third-order valence-corrected chi connectivity index (χ3v) is 3.99. The molecule has 3 heterocycles. The van der Waals surface area contributed by atoms with Crippen LogP contribution < -0.4 is 0 Å². The van der Waals surface area contributed by atoms with Gasteiger partial charge in [-0.25, -0.2) is 9.97 Å². The zero-order valence-corrected chi connectivity index (χ0v) is 11.4. The van der Waals surface area contributed by atoms with Crippen molar-refractivity contribution in [3.63, 3.8) is 0 Å². The van der Waals surface area contributed by atoms with Crippen LogP contribution in [-0.2, 0) is 0 Å². The number of aromatic nitrogens is 3. The highest BCUT2D eigenvalue weighted by atomic mass is 32.1. The lowest BCUT2D eigenvalue weighted by Crippen LogP contribution is -1.88. The number of nitrogens with zero attached hydrogens (tertiary/aromatic N) is 3. The molecule has 0 atom stereocenters. The number of rotatable bonds is 2. The van der Waals surface area contributed by atoms with E-state index in [1.165, 1.54) is 0 Å². The molecule has 4 rings (SSSR count). The predicted octanol–water partition coefficient (Wildman–Crippen LogP) is 4.12. The van der Waals surface area contributed by atoms with Crippen LogP contribution in [0.5, 0.6) is 0 Å². The van der Waals surface area contributed by atoms with Crippen LogP contribution in [0.15, 0.2) is 66.3 Å². The summed E-state index contributed by atoms with van der Waals surface area (Å²) >= 11 is 1.63. The second-order valence-corrected chi connectivity index (χ2v) is 5.34. The van der Waals surface area contributed by atoms with E-state index in [1.807, 2.05) is 54.2 Å². The molecule has 0 aliphatic rings. The minimum atomic E-state index is 0.941. The van der Waals surface area contributed by atoms with E-state index in [1.54, 1.807) is 11.3 Å². The minimum Gasteiger partial charge on any atom is -0.297 e. The summed E-state index contributed by atoms with van der Waals surface area (Å²) in [5.41, 5.74) is 4.09. The van der Waals surface area contributed by atoms with E-state index in [0.29, 0.717) is 0 Å². The minimum absolute atomic E-state index is 0.941. The molecule has 3 nitrogen and oxygen atoms in total. The Morgan fingerprint density at radius 3 is 2.60 bits per heavy atom. The van der Waals surface area contributed by atoms with Crippen molar-refractivity contribution < 1.29 is 0 Å². The van der Waals surface area contributed by atoms with Crippen LogP contribution in [0.3, 0.4) is 0 Å². The molecule has 0 saturated heterocycles. The standard InChI is InChI=1S/C16H11N3S/c1-2-6-12(7-3-1)14-15(16-17-9-11-20-16)19-10-5-4-8-13(19)18-14/h1-11H. The molecule has 1 aromatic carbocycles. The fourth-order valence-corrected chi connectivity index (χ4v) is 3.02. The van der Waals surface area contributed by atoms with E-state index in [-0.39, 0.29) is 0 Å². The molecule has 3 aromatic heterocycles. The number of benzene rings is 1. The Hall–Kier alpha value is -2.46. The van der Waals surface area contributed by atoms with Gasteiger partial charge in [0, 0.05) is 23.3 Å². The van der Waals surface area contributed by atoms with E-state index in [4.69, 9.17) is 4.98 Å². The fourth-order valence-electron chi connectivity index (χ4n) is 2.34. The molecular weight excluding hydrogens is 266 g/mol. The Labute approximate surface area is 120 Å². The zero-order valence-electron chi connectivity index (χ0n) is 10.6. The highest BCUT2D eigenvalue weighted by Gasteiger charge is 2.16. The van der Waals surface area contributed by atoms with Gasteiger partial charge < -0.3 is 0 Å². The molecule has 20 heavy (non-hydrogen) atoms. The first-order chi connectivity index (χ1) is 9.93. The van der Waals surface area contributed by atoms with Crippen molar-refractivity contribution in [3.05, 3.63) is 66.3 Å². The lowest BCUT2D eigenvalue weighted by molar-refractivity contribution is 1.18. The third kappa shape index (κ3) is 1.73. The summed E-state index contributed by atoms with van der Waals surface area (Å²) in [6.45, 7) is 0. The van der Waals surface area contributed by atoms with Gasteiger partial charge in [0.1, 0.15) is 16.3 Å². The SMILES string of the molecule is c1ccc(-c2nc3ccccn3c2-c2nccs2)cc1. The lowest BCUT2D eigenvalue weighted by Gasteiger charge is -2.01. The highest BCUT2D eigenvalue weighted by Crippen LogP contribution is 2.33. The van der Waals surface area contributed by atoms with Gasteiger partial charge in [0.05, 0.1) is 5.69 Å². The molecular formula is C16H11N3S. The van der Waals surface area contributed by atoms with Gasteiger partial charge in [0.15, 0.2) is 0 Å². The molecule has 0 bridgehead atoms. The molecule has 4 aromatic rings. The largest absolute Gasteiger partial charge is 0.297 e. The van der Waals surface area contributed by atoms with Crippen molar-refractivity contribution in [3.8, 4) is 22.0 Å². The predicted molar refractivity (Wildman–Crippen MR) is 81.7 cm³/mol. The van der Waals surface area contributed by atoms with Crippen LogP contribution in [0, 0.1) is 0 Å². The quantitative estimate of drug-likeness (QED) is 0.551. The molecule has 0 saturated carbocycles. The van der Waals surface area contributed by atoms with Crippen molar-refractivity contribution in [1.29, 1.82) is 0 Å². The number of pyridine rings is 1. The van der Waals surface area contributed by atoms with Crippen molar-refractivity contribution in [1.82, 2.24) is 14.4 Å². The number of hydrogen-bond donors (Lipinski definition) is 0. The Balaban J connectivity index is 2.08. The topological polar surface area (TPSA) is 30.2 Å². The van der Waals surface area contributed by atoms with Crippen molar-refractivity contribution in [2.24, 2.45) is 0 Å². The molecule has 4 heteroatoms. The summed E-state index contributed by atoms with van der Waals surface area (Å²) in [4.78, 5) is 9.22. The molecule has 0 unspecified atom stereocenters. The van der Waals surface area contributed by atoms with Gasteiger partial charge in [-0.15, -0.1) is 11.3 Å². The van der Waals surface area contributed by atoms with Crippen molar-refractivity contribution in [2.75, 3.05) is 0 Å². The second-order valence-electron chi connectivity index (χ2n) is 4.44. The van der Waals surface area contributed by atoms with Gasteiger partial charge in [-0.05, 0) is 12.1 Å². The van der Waals surface area contributed by atoms with Crippen molar-refractivity contribution >= 4 is 17.0 Å². The van der Waals surface area contributed by atoms with Gasteiger partial charge in [0.2, 0.25) is 0 Å². The number of hydrogen-bond acceptors (Lipinski definition) is 3. The van der Waals surface area contributed by atoms with Crippen LogP contribution in [0.25, 0.3) is 27.6 Å². The van der Waals surface area contributed by atoms with E-state index in [0.717, 1.165) is 27.6 Å². The van der Waals surface area contributed by atoms with Crippen LogP contribution >= 0.6 is 11.3 Å². The van der Waals surface area contributed by atoms with Crippen LogP contribution in [0.1, 0.15) is 0 Å². The van der Waals surface area contributed by atoms with Gasteiger partial charge in [0.25, 0.3) is 0 Å². The number of fused-ring (bicyclic) bond motifs is 1. The smallest absolute Gasteiger partial charge is 0.142 e. The fraction of sp³-hybridized carbons (Fsp3) is 0. The monoisotopic (exact) mass is 277 g/mol. The van der Waals surface area contributed by atoms with Gasteiger partial charge in [-0.2, -0.15) is 0 Å². The van der Waals surface area contributed by atoms with E-state index in [2.05, 4.69) is 21.5 Å². The zero-order chi connectivity index (χ0) is 13.4. The summed E-state index contributed by atoms with van der Waals surface area (Å²) in [6.07, 6.45) is 3.86. The first-order valence-corrected chi connectivity index (χ1v) is 7.24. The highest BCUT2D eigenvalue weighted by molar-refractivity contribution is 7.13. The molecule has 0 radical (unpaired) electrons. The first-order valence-electron chi connectivity index (χ1n) is 6.36. The molecule has 96 valence electrons. The van der Waals surface area contributed by atoms with Crippen molar-refractivity contribution in [2.45, 2.75) is 0 Å². The summed E-state index contributed by atoms with van der Waals surface area (Å²) in [6, 6.07) is 16.3. The average molecular weight is 277 g/mol. The molecule has 0 N–H and O–H groups in total. The lowest BCUT2D eigenvalue weighted by atomic mass is 10.1. The van der Waals surface area contributed by atoms with Crippen LogP contribution in [-0.4, -0.2) is 14.4 Å². The van der Waals surface area contributed by atoms with Crippen LogP contribution in [0.2, 0.25) is 0 Å². The summed E-state index contributed by atoms with van der Waals surface area (Å²) in [5, 5.41) is 2.98. The Morgan fingerprint density at radius 1 is 0.950 bits per heavy atom. The average Bonchev–Trinajstić information content (AvgIpc) is 3.14. The van der Waals surface area contributed by atoms with Crippen LogP contribution in [0.4, 0.5) is 0 Å². The molecule has 0 aliphatic carbocycles. The van der Waals surface area contributed by atoms with Gasteiger partial charge >= 0.3 is 0 Å². The molecule has 0 fully saturated rings. The molecule has 0 amide bonds. The van der Waals surface area contributed by atoms with Gasteiger partial charge in [-0.1, -0.05) is 36.4 Å². The van der Waals surface area contributed by atoms with E-state index in [9.17, 15) is 0 Å². The normalized spacial score (nSPS) is 11.0. The number of thiazole rings is 1. The Morgan fingerprint density at radius 2 is 1.80 bits per heavy atom. The summed E-state index contributed by atoms with van der Waals surface area (Å²) in [5.74, 6) is 0. The number of imidazole rings is 1. The maximum atomic E-state index is 4.77. The maximum absolute atomic E-state index is 4.77. The van der Waals surface area contributed by atoms with E-state index < -0.39 is 0 Å². The summed E-state index contributed by atoms with van der Waals surface area (Å²) < 4.78 is 2.10. The van der Waals surface area contributed by atoms with E-state index >= 15 is 0 Å². The first kappa shape index (κ1) is 11.4. The van der Waals surface area contributed by atoms with Gasteiger partial charge in [-0.3, -0.25) is 4.40 Å². The third-order valence-electron chi connectivity index (χ3n) is 3.21. The molecule has 0 aliphatic heterocycles. The Kier molecular flexibility index (Phi) is 2.60. The summed E-state index contributed by atoms with van der Waals surface area (Å²) in [7, 11) is 0. The second kappa shape index (κ2) is 4.58. The Bertz CT molecular complexity index is 848. The molecule has 0 spiro atoms.